The number of phenols is 1. The molecule has 4 aromatic rings. The number of carbonyl (C=O) groups is 2. The third-order valence-corrected chi connectivity index (χ3v) is 6.32. The van der Waals surface area contributed by atoms with E-state index in [9.17, 15) is 14.7 Å². The fraction of sp³-hybridized carbons (Fsp3) is 0.231. The highest BCUT2D eigenvalue weighted by Gasteiger charge is 2.19. The molecule has 0 aliphatic rings. The molecule has 0 unspecified atom stereocenters. The highest BCUT2D eigenvalue weighted by atomic mass is 32.2. The Morgan fingerprint density at radius 1 is 1.06 bits per heavy atom. The predicted octanol–water partition coefficient (Wildman–Crippen LogP) is 4.36. The van der Waals surface area contributed by atoms with Gasteiger partial charge >= 0.3 is 5.97 Å². The molecule has 1 aromatic heterocycles. The molecule has 0 saturated carbocycles. The first-order valence-corrected chi connectivity index (χ1v) is 12.3. The minimum absolute atomic E-state index is 0.0917. The van der Waals surface area contributed by atoms with Crippen LogP contribution in [-0.4, -0.2) is 57.8 Å². The van der Waals surface area contributed by atoms with E-state index in [0.717, 1.165) is 10.8 Å². The number of aromatic nitrogens is 3. The third-order valence-electron chi connectivity index (χ3n) is 5.35. The zero-order valence-corrected chi connectivity index (χ0v) is 20.7. The van der Waals surface area contributed by atoms with Gasteiger partial charge in [-0.1, -0.05) is 36.0 Å². The topological polar surface area (TPSA) is 116 Å². The number of methoxy groups -OCH3 is 1. The van der Waals surface area contributed by atoms with Crippen molar-refractivity contribution in [3.8, 4) is 17.1 Å². The number of benzene rings is 3. The summed E-state index contributed by atoms with van der Waals surface area (Å²) in [6.07, 6.45) is 0. The summed E-state index contributed by atoms with van der Waals surface area (Å²) < 4.78 is 12.0. The molecule has 2 N–H and O–H groups in total. The second-order valence-electron chi connectivity index (χ2n) is 7.80. The molecule has 10 heteroatoms. The van der Waals surface area contributed by atoms with Gasteiger partial charge in [0, 0.05) is 12.8 Å². The molecule has 0 aliphatic carbocycles. The van der Waals surface area contributed by atoms with Crippen LogP contribution in [0, 0.1) is 0 Å². The molecule has 36 heavy (non-hydrogen) atoms. The number of esters is 1. The van der Waals surface area contributed by atoms with Crippen LogP contribution in [-0.2, 0) is 20.8 Å². The molecule has 0 aliphatic heterocycles. The lowest BCUT2D eigenvalue weighted by Crippen LogP contribution is -2.15. The van der Waals surface area contributed by atoms with Crippen LogP contribution in [0.1, 0.15) is 17.3 Å². The van der Waals surface area contributed by atoms with Gasteiger partial charge in [-0.15, -0.1) is 10.2 Å². The van der Waals surface area contributed by atoms with Crippen LogP contribution in [0.4, 0.5) is 5.69 Å². The van der Waals surface area contributed by atoms with Crippen LogP contribution in [0.5, 0.6) is 5.75 Å². The molecule has 1 heterocycles. The van der Waals surface area contributed by atoms with E-state index in [1.165, 1.54) is 11.8 Å². The maximum absolute atomic E-state index is 12.6. The van der Waals surface area contributed by atoms with Crippen LogP contribution in [0.3, 0.4) is 0 Å². The maximum Gasteiger partial charge on any atom is 0.338 e. The number of aromatic hydroxyl groups is 1. The second kappa shape index (κ2) is 11.7. The van der Waals surface area contributed by atoms with Crippen molar-refractivity contribution in [2.24, 2.45) is 0 Å². The lowest BCUT2D eigenvalue weighted by atomic mass is 10.1. The van der Waals surface area contributed by atoms with Gasteiger partial charge in [0.05, 0.1) is 36.6 Å². The Morgan fingerprint density at radius 3 is 2.47 bits per heavy atom. The van der Waals surface area contributed by atoms with Crippen molar-refractivity contribution in [1.82, 2.24) is 14.8 Å². The molecule has 9 nitrogen and oxygen atoms in total. The van der Waals surface area contributed by atoms with E-state index in [4.69, 9.17) is 9.47 Å². The average molecular weight is 507 g/mol. The van der Waals surface area contributed by atoms with Gasteiger partial charge in [-0.05, 0) is 54.1 Å². The van der Waals surface area contributed by atoms with Crippen LogP contribution in [0.15, 0.2) is 65.8 Å². The number of thioether (sulfide) groups is 1. The van der Waals surface area contributed by atoms with Gasteiger partial charge in [0.25, 0.3) is 0 Å². The largest absolute Gasteiger partial charge is 0.507 e. The van der Waals surface area contributed by atoms with E-state index in [1.807, 2.05) is 34.9 Å². The lowest BCUT2D eigenvalue weighted by Gasteiger charge is -2.12. The van der Waals surface area contributed by atoms with E-state index < -0.39 is 5.97 Å². The average Bonchev–Trinajstić information content (AvgIpc) is 3.28. The number of fused-ring (bicyclic) bond motifs is 1. The number of rotatable bonds is 10. The first kappa shape index (κ1) is 25.2. The van der Waals surface area contributed by atoms with Crippen molar-refractivity contribution < 1.29 is 24.2 Å². The fourth-order valence-corrected chi connectivity index (χ4v) is 4.38. The smallest absolute Gasteiger partial charge is 0.338 e. The van der Waals surface area contributed by atoms with Crippen molar-refractivity contribution in [3.63, 3.8) is 0 Å². The van der Waals surface area contributed by atoms with E-state index in [2.05, 4.69) is 15.5 Å². The van der Waals surface area contributed by atoms with Gasteiger partial charge in [0.2, 0.25) is 5.91 Å². The van der Waals surface area contributed by atoms with Gasteiger partial charge < -0.3 is 19.9 Å². The Kier molecular flexibility index (Phi) is 8.19. The monoisotopic (exact) mass is 506 g/mol. The van der Waals surface area contributed by atoms with Crippen molar-refractivity contribution in [2.45, 2.75) is 18.6 Å². The molecular formula is C26H26N4O5S. The Balaban J connectivity index is 1.48. The number of hydrogen-bond donors (Lipinski definition) is 2. The quantitative estimate of drug-likeness (QED) is 0.241. The summed E-state index contributed by atoms with van der Waals surface area (Å²) in [6, 6.07) is 17.8. The summed E-state index contributed by atoms with van der Waals surface area (Å²) >= 11 is 1.23. The number of nitrogens with zero attached hydrogens (tertiary/aromatic N) is 3. The molecule has 0 radical (unpaired) electrons. The first-order valence-electron chi connectivity index (χ1n) is 11.3. The molecule has 0 saturated heterocycles. The van der Waals surface area contributed by atoms with Crippen molar-refractivity contribution in [3.05, 3.63) is 66.2 Å². The molecule has 3 aromatic carbocycles. The Hall–Kier alpha value is -3.89. The summed E-state index contributed by atoms with van der Waals surface area (Å²) in [5, 5.41) is 24.5. The lowest BCUT2D eigenvalue weighted by molar-refractivity contribution is -0.113. The van der Waals surface area contributed by atoms with Crippen LogP contribution in [0.2, 0.25) is 0 Å². The van der Waals surface area contributed by atoms with Crippen molar-refractivity contribution >= 4 is 40.1 Å². The Morgan fingerprint density at radius 2 is 1.78 bits per heavy atom. The third kappa shape index (κ3) is 5.84. The normalized spacial score (nSPS) is 10.9. The maximum atomic E-state index is 12.6. The van der Waals surface area contributed by atoms with E-state index in [-0.39, 0.29) is 17.4 Å². The zero-order chi connectivity index (χ0) is 25.5. The van der Waals surface area contributed by atoms with Crippen LogP contribution < -0.4 is 5.32 Å². The van der Waals surface area contributed by atoms with Gasteiger partial charge in [0.15, 0.2) is 11.0 Å². The van der Waals surface area contributed by atoms with Crippen LogP contribution in [0.25, 0.3) is 22.2 Å². The number of ether oxygens (including phenoxy) is 2. The highest BCUT2D eigenvalue weighted by molar-refractivity contribution is 7.99. The number of anilines is 1. The van der Waals surface area contributed by atoms with E-state index in [1.54, 1.807) is 44.4 Å². The molecule has 186 valence electrons. The first-order chi connectivity index (χ1) is 17.5. The summed E-state index contributed by atoms with van der Waals surface area (Å²) in [5.41, 5.74) is 1.53. The number of phenolic OH excluding ortho intramolecular Hbond substituents is 1. The highest BCUT2D eigenvalue weighted by Crippen LogP contribution is 2.34. The predicted molar refractivity (Wildman–Crippen MR) is 138 cm³/mol. The van der Waals surface area contributed by atoms with Crippen molar-refractivity contribution in [2.75, 3.05) is 31.4 Å². The number of hydrogen-bond acceptors (Lipinski definition) is 8. The number of nitrogens with one attached hydrogen (secondary N) is 1. The molecule has 4 rings (SSSR count). The fourth-order valence-electron chi connectivity index (χ4n) is 3.62. The molecular weight excluding hydrogens is 480 g/mol. The van der Waals surface area contributed by atoms with Crippen molar-refractivity contribution in [1.29, 1.82) is 0 Å². The Labute approximate surface area is 212 Å². The minimum atomic E-state index is -0.408. The van der Waals surface area contributed by atoms with E-state index >= 15 is 0 Å². The van der Waals surface area contributed by atoms with Gasteiger partial charge in [-0.3, -0.25) is 9.36 Å². The zero-order valence-electron chi connectivity index (χ0n) is 19.9. The van der Waals surface area contributed by atoms with Gasteiger partial charge in [-0.25, -0.2) is 4.79 Å². The molecule has 0 fully saturated rings. The van der Waals surface area contributed by atoms with Crippen LogP contribution >= 0.6 is 11.8 Å². The number of amides is 1. The van der Waals surface area contributed by atoms with Gasteiger partial charge in [-0.2, -0.15) is 0 Å². The summed E-state index contributed by atoms with van der Waals surface area (Å²) in [7, 11) is 1.60. The summed E-state index contributed by atoms with van der Waals surface area (Å²) in [5.74, 6) is 0.0389. The minimum Gasteiger partial charge on any atom is -0.507 e. The Bertz CT molecular complexity index is 1370. The second-order valence-corrected chi connectivity index (χ2v) is 8.74. The summed E-state index contributed by atoms with van der Waals surface area (Å²) in [4.78, 5) is 24.3. The molecule has 0 atom stereocenters. The van der Waals surface area contributed by atoms with E-state index in [0.29, 0.717) is 47.6 Å². The van der Waals surface area contributed by atoms with Gasteiger partial charge in [0.1, 0.15) is 5.75 Å². The molecule has 1 amide bonds. The molecule has 0 spiro atoms. The standard InChI is InChI=1S/C26H26N4O5S/c1-3-35-25(33)17-8-10-20(11-9-17)27-23(32)16-36-26-29-28-24(30(26)12-13-34-2)21-14-18-6-4-5-7-19(18)15-22(21)31/h4-11,14-15,31H,3,12-13,16H2,1-2H3,(H,27,32). The number of carbonyl (C=O) groups excluding carboxylic acids is 2. The SMILES string of the molecule is CCOC(=O)c1ccc(NC(=O)CSc2nnc(-c3cc4ccccc4cc3O)n2CCOC)cc1. The summed E-state index contributed by atoms with van der Waals surface area (Å²) in [6.45, 7) is 2.90. The molecule has 0 bridgehead atoms.